The van der Waals surface area contributed by atoms with Crippen molar-refractivity contribution in [2.24, 2.45) is 0 Å². The van der Waals surface area contributed by atoms with Crippen LogP contribution in [0.4, 0.5) is 5.82 Å². The van der Waals surface area contributed by atoms with E-state index in [9.17, 15) is 0 Å². The molecule has 1 fully saturated rings. The molecular formula is C15H16N4O2. The number of nitriles is 1. The number of aryl methyl sites for hydroxylation is 1. The van der Waals surface area contributed by atoms with Crippen molar-refractivity contribution in [2.75, 3.05) is 24.7 Å². The van der Waals surface area contributed by atoms with Gasteiger partial charge in [0.05, 0.1) is 25.6 Å². The van der Waals surface area contributed by atoms with Gasteiger partial charge in [-0.1, -0.05) is 6.92 Å². The van der Waals surface area contributed by atoms with Crippen LogP contribution in [0.1, 0.15) is 30.2 Å². The van der Waals surface area contributed by atoms with Crippen molar-refractivity contribution in [2.45, 2.75) is 19.4 Å². The van der Waals surface area contributed by atoms with Crippen LogP contribution in [-0.4, -0.2) is 29.7 Å². The van der Waals surface area contributed by atoms with Crippen LogP contribution < -0.4 is 4.90 Å². The topological polar surface area (TPSA) is 75.2 Å². The Morgan fingerprint density at radius 1 is 1.38 bits per heavy atom. The van der Waals surface area contributed by atoms with Crippen LogP contribution in [-0.2, 0) is 11.2 Å². The molecule has 2 aromatic rings. The van der Waals surface area contributed by atoms with Gasteiger partial charge in [-0.05, 0) is 12.1 Å². The van der Waals surface area contributed by atoms with E-state index in [0.717, 1.165) is 23.8 Å². The van der Waals surface area contributed by atoms with Crippen molar-refractivity contribution in [3.63, 3.8) is 0 Å². The van der Waals surface area contributed by atoms with E-state index in [0.29, 0.717) is 25.5 Å². The molecule has 1 aliphatic rings. The molecule has 1 aliphatic heterocycles. The Labute approximate surface area is 123 Å². The second-order valence-electron chi connectivity index (χ2n) is 4.81. The highest BCUT2D eigenvalue weighted by Gasteiger charge is 2.28. The molecule has 6 nitrogen and oxygen atoms in total. The summed E-state index contributed by atoms with van der Waals surface area (Å²) in [4.78, 5) is 10.5. The van der Waals surface area contributed by atoms with Crippen LogP contribution in [0.25, 0.3) is 0 Å². The summed E-state index contributed by atoms with van der Waals surface area (Å²) in [5.41, 5.74) is 0.315. The number of morpholine rings is 1. The van der Waals surface area contributed by atoms with Crippen LogP contribution in [0.5, 0.6) is 0 Å². The molecule has 0 aromatic carbocycles. The minimum absolute atomic E-state index is 0.0127. The Balaban J connectivity index is 1.88. The summed E-state index contributed by atoms with van der Waals surface area (Å²) >= 11 is 0. The Kier molecular flexibility index (Phi) is 3.84. The van der Waals surface area contributed by atoms with Crippen LogP contribution in [0.3, 0.4) is 0 Å². The lowest BCUT2D eigenvalue weighted by Gasteiger charge is -2.35. The average molecular weight is 284 g/mol. The van der Waals surface area contributed by atoms with Crippen LogP contribution in [0.2, 0.25) is 0 Å². The van der Waals surface area contributed by atoms with E-state index in [1.165, 1.54) is 6.20 Å². The normalized spacial score (nSPS) is 18.5. The maximum Gasteiger partial charge on any atom is 0.158 e. The zero-order valence-corrected chi connectivity index (χ0v) is 11.8. The van der Waals surface area contributed by atoms with Gasteiger partial charge in [0, 0.05) is 13.0 Å². The third-order valence-corrected chi connectivity index (χ3v) is 3.53. The van der Waals surface area contributed by atoms with Crippen molar-refractivity contribution < 1.29 is 9.15 Å². The van der Waals surface area contributed by atoms with Crippen LogP contribution in [0, 0.1) is 11.3 Å². The monoisotopic (exact) mass is 284 g/mol. The molecule has 1 atom stereocenters. The number of ether oxygens (including phenoxy) is 1. The standard InChI is InChI=1S/C15H16N4O2/c1-2-12-3-4-14(21-12)13-10-20-6-5-19(13)15-9-17-11(7-16)8-18-15/h3-4,8-9,13H,2,5-6,10H2,1H3. The molecule has 3 heterocycles. The number of furan rings is 1. The summed E-state index contributed by atoms with van der Waals surface area (Å²) in [5, 5.41) is 8.80. The SMILES string of the molecule is CCc1ccc(C2COCCN2c2cnc(C#N)cn2)o1. The van der Waals surface area contributed by atoms with E-state index in [4.69, 9.17) is 14.4 Å². The number of nitrogens with zero attached hydrogens (tertiary/aromatic N) is 4. The van der Waals surface area contributed by atoms with E-state index < -0.39 is 0 Å². The van der Waals surface area contributed by atoms with Gasteiger partial charge in [-0.15, -0.1) is 0 Å². The highest BCUT2D eigenvalue weighted by molar-refractivity contribution is 5.41. The summed E-state index contributed by atoms with van der Waals surface area (Å²) in [7, 11) is 0. The molecule has 0 bridgehead atoms. The fourth-order valence-corrected chi connectivity index (χ4v) is 2.40. The highest BCUT2D eigenvalue weighted by atomic mass is 16.5. The molecule has 6 heteroatoms. The summed E-state index contributed by atoms with van der Waals surface area (Å²) < 4.78 is 11.4. The molecule has 108 valence electrons. The fraction of sp³-hybridized carbons (Fsp3) is 0.400. The van der Waals surface area contributed by atoms with Gasteiger partial charge < -0.3 is 14.1 Å². The van der Waals surface area contributed by atoms with E-state index in [1.54, 1.807) is 6.20 Å². The smallest absolute Gasteiger partial charge is 0.158 e. The van der Waals surface area contributed by atoms with Crippen molar-refractivity contribution in [3.8, 4) is 6.07 Å². The van der Waals surface area contributed by atoms with Crippen molar-refractivity contribution in [3.05, 3.63) is 41.7 Å². The summed E-state index contributed by atoms with van der Waals surface area (Å²) in [5.74, 6) is 2.57. The molecule has 2 aromatic heterocycles. The minimum atomic E-state index is -0.0127. The van der Waals surface area contributed by atoms with E-state index in [2.05, 4.69) is 21.8 Å². The van der Waals surface area contributed by atoms with Crippen molar-refractivity contribution in [1.29, 1.82) is 5.26 Å². The zero-order chi connectivity index (χ0) is 14.7. The molecular weight excluding hydrogens is 268 g/mol. The molecule has 0 radical (unpaired) electrons. The fourth-order valence-electron chi connectivity index (χ4n) is 2.40. The van der Waals surface area contributed by atoms with E-state index in [1.807, 2.05) is 18.2 Å². The second kappa shape index (κ2) is 5.94. The first-order valence-electron chi connectivity index (χ1n) is 6.97. The second-order valence-corrected chi connectivity index (χ2v) is 4.81. The molecule has 1 unspecified atom stereocenters. The van der Waals surface area contributed by atoms with Crippen LogP contribution in [0.15, 0.2) is 28.9 Å². The number of hydrogen-bond donors (Lipinski definition) is 0. The average Bonchev–Trinajstić information content (AvgIpc) is 3.04. The molecule has 0 amide bonds. The first kappa shape index (κ1) is 13.6. The third-order valence-electron chi connectivity index (χ3n) is 3.53. The quantitative estimate of drug-likeness (QED) is 0.859. The Bertz CT molecular complexity index is 644. The maximum absolute atomic E-state index is 8.80. The van der Waals surface area contributed by atoms with Gasteiger partial charge in [-0.25, -0.2) is 9.97 Å². The van der Waals surface area contributed by atoms with Gasteiger partial charge in [-0.2, -0.15) is 5.26 Å². The Morgan fingerprint density at radius 3 is 2.95 bits per heavy atom. The lowest BCUT2D eigenvalue weighted by atomic mass is 10.2. The summed E-state index contributed by atoms with van der Waals surface area (Å²) in [6.45, 7) is 3.97. The molecule has 0 spiro atoms. The van der Waals surface area contributed by atoms with Crippen molar-refractivity contribution >= 4 is 5.82 Å². The van der Waals surface area contributed by atoms with Gasteiger partial charge in [0.2, 0.25) is 0 Å². The summed E-state index contributed by atoms with van der Waals surface area (Å²) in [6.07, 6.45) is 3.98. The van der Waals surface area contributed by atoms with Gasteiger partial charge in [-0.3, -0.25) is 0 Å². The molecule has 3 rings (SSSR count). The Morgan fingerprint density at radius 2 is 2.29 bits per heavy atom. The predicted octanol–water partition coefficient (Wildman–Crippen LogP) is 2.08. The number of rotatable bonds is 3. The molecule has 21 heavy (non-hydrogen) atoms. The highest BCUT2D eigenvalue weighted by Crippen LogP contribution is 2.29. The largest absolute Gasteiger partial charge is 0.464 e. The van der Waals surface area contributed by atoms with Crippen LogP contribution >= 0.6 is 0 Å². The van der Waals surface area contributed by atoms with Crippen molar-refractivity contribution in [1.82, 2.24) is 9.97 Å². The molecule has 0 aliphatic carbocycles. The predicted molar refractivity (Wildman–Crippen MR) is 75.7 cm³/mol. The van der Waals surface area contributed by atoms with E-state index in [-0.39, 0.29) is 6.04 Å². The number of hydrogen-bond acceptors (Lipinski definition) is 6. The third kappa shape index (κ3) is 2.73. The lowest BCUT2D eigenvalue weighted by Crippen LogP contribution is -2.40. The van der Waals surface area contributed by atoms with Gasteiger partial charge in [0.15, 0.2) is 5.69 Å². The van der Waals surface area contributed by atoms with Gasteiger partial charge >= 0.3 is 0 Å². The number of anilines is 1. The molecule has 0 N–H and O–H groups in total. The van der Waals surface area contributed by atoms with Gasteiger partial charge in [0.25, 0.3) is 0 Å². The lowest BCUT2D eigenvalue weighted by molar-refractivity contribution is 0.0869. The first-order valence-corrected chi connectivity index (χ1v) is 6.97. The van der Waals surface area contributed by atoms with E-state index >= 15 is 0 Å². The summed E-state index contributed by atoms with van der Waals surface area (Å²) in [6, 6.07) is 5.94. The Hall–Kier alpha value is -2.39. The zero-order valence-electron chi connectivity index (χ0n) is 11.8. The minimum Gasteiger partial charge on any atom is -0.464 e. The number of aromatic nitrogens is 2. The molecule has 1 saturated heterocycles. The molecule has 0 saturated carbocycles. The van der Waals surface area contributed by atoms with Gasteiger partial charge in [0.1, 0.15) is 29.4 Å². The first-order chi connectivity index (χ1) is 10.3. The maximum atomic E-state index is 8.80.